The van der Waals surface area contributed by atoms with Gasteiger partial charge in [-0.05, 0) is 39.5 Å². The quantitative estimate of drug-likeness (QED) is 0.828. The first-order chi connectivity index (χ1) is 10.2. The van der Waals surface area contributed by atoms with Crippen LogP contribution in [0.25, 0.3) is 0 Å². The van der Waals surface area contributed by atoms with E-state index in [1.54, 1.807) is 0 Å². The van der Waals surface area contributed by atoms with Crippen molar-refractivity contribution in [3.8, 4) is 0 Å². The normalized spacial score (nSPS) is 22.6. The lowest BCUT2D eigenvalue weighted by Crippen LogP contribution is -2.51. The van der Waals surface area contributed by atoms with Gasteiger partial charge in [0.05, 0.1) is 11.7 Å². The number of hydrogen-bond donors (Lipinski definition) is 1. The first-order valence-corrected chi connectivity index (χ1v) is 8.29. The summed E-state index contributed by atoms with van der Waals surface area (Å²) in [4.78, 5) is 4.95. The molecular formula is C16H31N5. The van der Waals surface area contributed by atoms with Crippen molar-refractivity contribution < 1.29 is 0 Å². The van der Waals surface area contributed by atoms with Crippen LogP contribution in [-0.2, 0) is 6.54 Å². The Labute approximate surface area is 129 Å². The zero-order valence-electron chi connectivity index (χ0n) is 14.0. The van der Waals surface area contributed by atoms with Crippen molar-refractivity contribution in [3.63, 3.8) is 0 Å². The van der Waals surface area contributed by atoms with E-state index in [2.05, 4.69) is 58.9 Å². The highest BCUT2D eigenvalue weighted by Crippen LogP contribution is 2.22. The minimum atomic E-state index is 0.392. The number of rotatable bonds is 7. The van der Waals surface area contributed by atoms with Gasteiger partial charge in [0, 0.05) is 38.4 Å². The molecule has 0 aromatic carbocycles. The molecule has 0 saturated carbocycles. The maximum atomic E-state index is 4.49. The second-order valence-electron chi connectivity index (χ2n) is 6.22. The summed E-state index contributed by atoms with van der Waals surface area (Å²) >= 11 is 0. The predicted octanol–water partition coefficient (Wildman–Crippen LogP) is 1.58. The van der Waals surface area contributed by atoms with Crippen LogP contribution in [0.3, 0.4) is 0 Å². The monoisotopic (exact) mass is 293 g/mol. The van der Waals surface area contributed by atoms with Gasteiger partial charge in [-0.25, -0.2) is 0 Å². The number of piperazine rings is 1. The summed E-state index contributed by atoms with van der Waals surface area (Å²) in [6.45, 7) is 9.88. The lowest BCUT2D eigenvalue weighted by atomic mass is 10.0. The van der Waals surface area contributed by atoms with Crippen molar-refractivity contribution in [2.75, 3.05) is 40.3 Å². The van der Waals surface area contributed by atoms with Gasteiger partial charge < -0.3 is 15.1 Å². The van der Waals surface area contributed by atoms with E-state index in [9.17, 15) is 0 Å². The standard InChI is InChI=1S/C16H31N5/c1-5-9-21-16(7-8-18-21)15(17-6-2)12-14-13-19(3)10-11-20(14)4/h7-8,14-15,17H,5-6,9-13H2,1-4H3. The van der Waals surface area contributed by atoms with Crippen molar-refractivity contribution in [2.24, 2.45) is 0 Å². The third-order valence-corrected chi connectivity index (χ3v) is 4.48. The average molecular weight is 293 g/mol. The first kappa shape index (κ1) is 16.5. The average Bonchev–Trinajstić information content (AvgIpc) is 2.91. The number of nitrogens with one attached hydrogen (secondary N) is 1. The highest BCUT2D eigenvalue weighted by atomic mass is 15.3. The van der Waals surface area contributed by atoms with Crippen molar-refractivity contribution in [3.05, 3.63) is 18.0 Å². The van der Waals surface area contributed by atoms with E-state index in [-0.39, 0.29) is 0 Å². The molecule has 1 aromatic heterocycles. The fourth-order valence-corrected chi connectivity index (χ4v) is 3.22. The molecule has 1 N–H and O–H groups in total. The molecule has 5 heteroatoms. The Hall–Kier alpha value is -0.910. The first-order valence-electron chi connectivity index (χ1n) is 8.29. The second-order valence-corrected chi connectivity index (χ2v) is 6.22. The maximum Gasteiger partial charge on any atom is 0.0554 e. The molecule has 1 aliphatic heterocycles. The minimum Gasteiger partial charge on any atom is -0.309 e. The van der Waals surface area contributed by atoms with Crippen LogP contribution in [0.1, 0.15) is 38.4 Å². The lowest BCUT2D eigenvalue weighted by Gasteiger charge is -2.39. The summed E-state index contributed by atoms with van der Waals surface area (Å²) in [7, 11) is 4.48. The van der Waals surface area contributed by atoms with Crippen LogP contribution < -0.4 is 5.32 Å². The Morgan fingerprint density at radius 1 is 1.33 bits per heavy atom. The molecule has 1 aromatic rings. The SMILES string of the molecule is CCCn1nccc1C(CC1CN(C)CCN1C)NCC. The Balaban J connectivity index is 2.09. The van der Waals surface area contributed by atoms with Crippen LogP contribution in [0.4, 0.5) is 0 Å². The number of likely N-dealkylation sites (N-methyl/N-ethyl adjacent to an activating group) is 2. The number of aryl methyl sites for hydroxylation is 1. The lowest BCUT2D eigenvalue weighted by molar-refractivity contribution is 0.100. The van der Waals surface area contributed by atoms with E-state index in [4.69, 9.17) is 0 Å². The summed E-state index contributed by atoms with van der Waals surface area (Å²) < 4.78 is 2.17. The van der Waals surface area contributed by atoms with Crippen LogP contribution >= 0.6 is 0 Å². The molecule has 0 bridgehead atoms. The number of nitrogens with zero attached hydrogens (tertiary/aromatic N) is 4. The van der Waals surface area contributed by atoms with Crippen LogP contribution in [0, 0.1) is 0 Å². The molecule has 2 unspecified atom stereocenters. The minimum absolute atomic E-state index is 0.392. The molecule has 2 rings (SSSR count). The summed E-state index contributed by atoms with van der Waals surface area (Å²) in [5.41, 5.74) is 1.33. The van der Waals surface area contributed by atoms with E-state index in [1.165, 1.54) is 12.2 Å². The van der Waals surface area contributed by atoms with Crippen LogP contribution in [0.5, 0.6) is 0 Å². The maximum absolute atomic E-state index is 4.49. The van der Waals surface area contributed by atoms with Gasteiger partial charge in [-0.2, -0.15) is 5.10 Å². The number of hydrogen-bond acceptors (Lipinski definition) is 4. The van der Waals surface area contributed by atoms with Gasteiger partial charge in [-0.3, -0.25) is 4.68 Å². The van der Waals surface area contributed by atoms with Gasteiger partial charge >= 0.3 is 0 Å². The van der Waals surface area contributed by atoms with Crippen LogP contribution in [0.15, 0.2) is 12.3 Å². The molecule has 0 spiro atoms. The Kier molecular flexibility index (Phi) is 6.21. The molecule has 1 fully saturated rings. The summed E-state index contributed by atoms with van der Waals surface area (Å²) in [5, 5.41) is 8.15. The van der Waals surface area contributed by atoms with Crippen LogP contribution in [-0.4, -0.2) is 65.9 Å². The van der Waals surface area contributed by atoms with Gasteiger partial charge in [0.2, 0.25) is 0 Å². The smallest absolute Gasteiger partial charge is 0.0554 e. The molecule has 0 radical (unpaired) electrons. The van der Waals surface area contributed by atoms with E-state index in [0.29, 0.717) is 12.1 Å². The summed E-state index contributed by atoms with van der Waals surface area (Å²) in [6.07, 6.45) is 4.20. The Morgan fingerprint density at radius 2 is 2.14 bits per heavy atom. The highest BCUT2D eigenvalue weighted by molar-refractivity contribution is 5.08. The van der Waals surface area contributed by atoms with Crippen molar-refractivity contribution >= 4 is 0 Å². The molecule has 120 valence electrons. The van der Waals surface area contributed by atoms with E-state index in [0.717, 1.165) is 39.0 Å². The molecule has 1 saturated heterocycles. The zero-order valence-corrected chi connectivity index (χ0v) is 14.0. The second kappa shape index (κ2) is 7.92. The van der Waals surface area contributed by atoms with E-state index >= 15 is 0 Å². The van der Waals surface area contributed by atoms with Crippen molar-refractivity contribution in [1.29, 1.82) is 0 Å². The molecule has 2 atom stereocenters. The molecule has 0 amide bonds. The molecule has 21 heavy (non-hydrogen) atoms. The van der Waals surface area contributed by atoms with Crippen LogP contribution in [0.2, 0.25) is 0 Å². The predicted molar refractivity (Wildman–Crippen MR) is 87.5 cm³/mol. The Morgan fingerprint density at radius 3 is 2.86 bits per heavy atom. The van der Waals surface area contributed by atoms with Gasteiger partial charge in [0.15, 0.2) is 0 Å². The van der Waals surface area contributed by atoms with Crippen molar-refractivity contribution in [1.82, 2.24) is 24.9 Å². The van der Waals surface area contributed by atoms with Gasteiger partial charge in [-0.15, -0.1) is 0 Å². The van der Waals surface area contributed by atoms with E-state index < -0.39 is 0 Å². The van der Waals surface area contributed by atoms with Crippen molar-refractivity contribution in [2.45, 2.75) is 45.3 Å². The molecule has 2 heterocycles. The summed E-state index contributed by atoms with van der Waals surface area (Å²) in [5.74, 6) is 0. The fraction of sp³-hybridized carbons (Fsp3) is 0.812. The third kappa shape index (κ3) is 4.28. The summed E-state index contributed by atoms with van der Waals surface area (Å²) in [6, 6.07) is 3.18. The van der Waals surface area contributed by atoms with Gasteiger partial charge in [0.1, 0.15) is 0 Å². The molecule has 1 aliphatic rings. The molecular weight excluding hydrogens is 262 g/mol. The van der Waals surface area contributed by atoms with Gasteiger partial charge in [-0.1, -0.05) is 13.8 Å². The topological polar surface area (TPSA) is 36.3 Å². The highest BCUT2D eigenvalue weighted by Gasteiger charge is 2.26. The molecule has 5 nitrogen and oxygen atoms in total. The largest absolute Gasteiger partial charge is 0.309 e. The molecule has 0 aliphatic carbocycles. The van der Waals surface area contributed by atoms with E-state index in [1.807, 2.05) is 6.20 Å². The third-order valence-electron chi connectivity index (χ3n) is 4.48. The number of aromatic nitrogens is 2. The fourth-order valence-electron chi connectivity index (χ4n) is 3.22. The van der Waals surface area contributed by atoms with Gasteiger partial charge in [0.25, 0.3) is 0 Å². The zero-order chi connectivity index (χ0) is 15.2. The Bertz CT molecular complexity index is 417.